The first-order valence-corrected chi connectivity index (χ1v) is 12.0. The Kier molecular flexibility index (Phi) is 7.00. The zero-order valence-electron chi connectivity index (χ0n) is 18.2. The molecule has 2 fully saturated rings. The summed E-state index contributed by atoms with van der Waals surface area (Å²) in [6, 6.07) is 2.94. The van der Waals surface area contributed by atoms with E-state index in [1.807, 2.05) is 0 Å². The summed E-state index contributed by atoms with van der Waals surface area (Å²) in [6.07, 6.45) is -0.510. The van der Waals surface area contributed by atoms with Crippen LogP contribution in [0.1, 0.15) is 67.5 Å². The van der Waals surface area contributed by atoms with Crippen LogP contribution in [0.25, 0.3) is 0 Å². The molecule has 1 saturated carbocycles. The summed E-state index contributed by atoms with van der Waals surface area (Å²) in [5.74, 6) is -1.00. The number of rotatable bonds is 3. The smallest absolute Gasteiger partial charge is 0.342 e. The van der Waals surface area contributed by atoms with E-state index < -0.39 is 42.3 Å². The molecule has 8 nitrogen and oxygen atoms in total. The molecule has 1 saturated heterocycles. The quantitative estimate of drug-likeness (QED) is 0.455. The molecule has 32 heavy (non-hydrogen) atoms. The fourth-order valence-corrected chi connectivity index (χ4v) is 6.13. The van der Waals surface area contributed by atoms with Gasteiger partial charge < -0.3 is 29.5 Å². The van der Waals surface area contributed by atoms with Gasteiger partial charge in [0.2, 0.25) is 0 Å². The number of fused-ring (bicyclic) bond motifs is 3. The van der Waals surface area contributed by atoms with Crippen LogP contribution >= 0.6 is 11.8 Å². The Morgan fingerprint density at radius 2 is 1.88 bits per heavy atom. The van der Waals surface area contributed by atoms with Gasteiger partial charge in [0.05, 0.1) is 19.3 Å². The van der Waals surface area contributed by atoms with Gasteiger partial charge in [0.15, 0.2) is 5.78 Å². The van der Waals surface area contributed by atoms with Gasteiger partial charge >= 0.3 is 5.97 Å². The van der Waals surface area contributed by atoms with E-state index in [2.05, 4.69) is 0 Å². The lowest BCUT2D eigenvalue weighted by atomic mass is 9.95. The number of phenols is 1. The number of esters is 1. The number of carbonyl (C=O) groups is 2. The number of benzene rings is 1. The highest BCUT2D eigenvalue weighted by Gasteiger charge is 2.46. The van der Waals surface area contributed by atoms with Crippen molar-refractivity contribution in [3.63, 3.8) is 0 Å². The maximum Gasteiger partial charge on any atom is 0.342 e. The number of cyclic esters (lactones) is 1. The second kappa shape index (κ2) is 9.59. The molecule has 4 rings (SSSR count). The molecule has 1 unspecified atom stereocenters. The molecule has 0 amide bonds. The predicted octanol–water partition coefficient (Wildman–Crippen LogP) is 2.52. The molecule has 1 aromatic rings. The van der Waals surface area contributed by atoms with Gasteiger partial charge in [-0.05, 0) is 32.3 Å². The van der Waals surface area contributed by atoms with Crippen LogP contribution in [0.5, 0.6) is 11.5 Å². The number of aliphatic hydroxyl groups excluding tert-OH is 2. The van der Waals surface area contributed by atoms with Crippen molar-refractivity contribution in [2.75, 3.05) is 7.11 Å². The van der Waals surface area contributed by atoms with E-state index in [4.69, 9.17) is 14.2 Å². The summed E-state index contributed by atoms with van der Waals surface area (Å²) in [4.78, 5) is 25.7. The second-order valence-corrected chi connectivity index (χ2v) is 10.5. The highest BCUT2D eigenvalue weighted by Crippen LogP contribution is 2.47. The van der Waals surface area contributed by atoms with Crippen molar-refractivity contribution in [1.82, 2.24) is 0 Å². The molecular formula is C23H30O8S. The molecule has 6 atom stereocenters. The van der Waals surface area contributed by atoms with Crippen molar-refractivity contribution in [2.24, 2.45) is 0 Å². The van der Waals surface area contributed by atoms with E-state index in [1.165, 1.54) is 13.2 Å². The second-order valence-electron chi connectivity index (χ2n) is 8.89. The number of hydrogen-bond donors (Lipinski definition) is 3. The summed E-state index contributed by atoms with van der Waals surface area (Å²) in [5, 5.41) is 31.7. The molecule has 2 aliphatic heterocycles. The largest absolute Gasteiger partial charge is 0.507 e. The topological polar surface area (TPSA) is 126 Å². The molecule has 0 aromatic heterocycles. The Hall–Kier alpha value is -1.81. The normalized spacial score (nSPS) is 33.9. The van der Waals surface area contributed by atoms with Gasteiger partial charge in [0, 0.05) is 35.0 Å². The Labute approximate surface area is 191 Å². The van der Waals surface area contributed by atoms with Crippen molar-refractivity contribution in [2.45, 2.75) is 86.5 Å². The van der Waals surface area contributed by atoms with Crippen molar-refractivity contribution in [3.05, 3.63) is 23.3 Å². The van der Waals surface area contributed by atoms with E-state index >= 15 is 0 Å². The van der Waals surface area contributed by atoms with Crippen LogP contribution in [-0.2, 0) is 14.3 Å². The molecule has 2 heterocycles. The standard InChI is InChI=1S/C23H30O8S/c1-11-6-14(32-13-4-3-5-13)9-17(25)21(27)18(26)10-19-22(31-19)15-7-12(29-2)8-16(24)20(15)23(28)30-11/h7-8,11,13-14,18-19,21-22,24,26-27H,3-6,9-10H2,1-2H3/t11-,14?,18-,19+,21+,22+/m0/s1. The molecule has 3 N–H and O–H groups in total. The number of aliphatic hydroxyl groups is 2. The van der Waals surface area contributed by atoms with Gasteiger partial charge in [-0.25, -0.2) is 4.79 Å². The predicted molar refractivity (Wildman–Crippen MR) is 117 cm³/mol. The summed E-state index contributed by atoms with van der Waals surface area (Å²) in [7, 11) is 1.45. The number of aromatic hydroxyl groups is 1. The molecule has 3 aliphatic rings. The third kappa shape index (κ3) is 5.06. The number of carbonyl (C=O) groups excluding carboxylic acids is 2. The first-order chi connectivity index (χ1) is 15.3. The lowest BCUT2D eigenvalue weighted by Gasteiger charge is -2.31. The van der Waals surface area contributed by atoms with Crippen LogP contribution in [0.4, 0.5) is 0 Å². The number of ether oxygens (including phenoxy) is 3. The highest BCUT2D eigenvalue weighted by atomic mass is 32.2. The van der Waals surface area contributed by atoms with Gasteiger partial charge in [-0.2, -0.15) is 11.8 Å². The Bertz CT molecular complexity index is 870. The molecule has 1 aliphatic carbocycles. The van der Waals surface area contributed by atoms with Gasteiger partial charge in [-0.3, -0.25) is 4.79 Å². The van der Waals surface area contributed by atoms with E-state index in [9.17, 15) is 24.9 Å². The summed E-state index contributed by atoms with van der Waals surface area (Å²) in [6.45, 7) is 1.75. The van der Waals surface area contributed by atoms with Crippen LogP contribution in [0.2, 0.25) is 0 Å². The molecule has 0 spiro atoms. The van der Waals surface area contributed by atoms with Gasteiger partial charge in [-0.1, -0.05) is 6.42 Å². The molecule has 0 bridgehead atoms. The van der Waals surface area contributed by atoms with E-state index in [1.54, 1.807) is 24.8 Å². The number of hydrogen-bond acceptors (Lipinski definition) is 9. The average molecular weight is 467 g/mol. The average Bonchev–Trinajstić information content (AvgIpc) is 3.47. The van der Waals surface area contributed by atoms with Crippen LogP contribution in [0.3, 0.4) is 0 Å². The monoisotopic (exact) mass is 466 g/mol. The minimum absolute atomic E-state index is 0.0107. The first kappa shape index (κ1) is 23.4. The van der Waals surface area contributed by atoms with Crippen LogP contribution < -0.4 is 4.74 Å². The third-order valence-electron chi connectivity index (χ3n) is 6.39. The van der Waals surface area contributed by atoms with Crippen molar-refractivity contribution < 1.29 is 39.1 Å². The first-order valence-electron chi connectivity index (χ1n) is 11.1. The van der Waals surface area contributed by atoms with Gasteiger partial charge in [-0.15, -0.1) is 0 Å². The van der Waals surface area contributed by atoms with E-state index in [0.717, 1.165) is 19.3 Å². The zero-order valence-corrected chi connectivity index (χ0v) is 19.0. The number of Topliss-reactive ketones (excluding diaryl/α,β-unsaturated/α-hetero) is 1. The minimum atomic E-state index is -1.50. The molecular weight excluding hydrogens is 436 g/mol. The maximum atomic E-state index is 13.0. The Morgan fingerprint density at radius 3 is 2.53 bits per heavy atom. The summed E-state index contributed by atoms with van der Waals surface area (Å²) < 4.78 is 16.5. The summed E-state index contributed by atoms with van der Waals surface area (Å²) >= 11 is 1.69. The number of thioether (sulfide) groups is 1. The van der Waals surface area contributed by atoms with Crippen molar-refractivity contribution >= 4 is 23.5 Å². The van der Waals surface area contributed by atoms with E-state index in [-0.39, 0.29) is 29.4 Å². The van der Waals surface area contributed by atoms with Crippen LogP contribution in [0, 0.1) is 0 Å². The molecule has 0 radical (unpaired) electrons. The lowest BCUT2D eigenvalue weighted by Crippen LogP contribution is -2.37. The van der Waals surface area contributed by atoms with Crippen molar-refractivity contribution in [3.8, 4) is 11.5 Å². The van der Waals surface area contributed by atoms with Gasteiger partial charge in [0.25, 0.3) is 0 Å². The Balaban J connectivity index is 1.63. The number of ketones is 1. The number of methoxy groups -OCH3 is 1. The SMILES string of the molecule is COc1cc(O)c2c(c1)[C@H]1O[C@@H]1C[C@H](O)[C@H](O)C(=O)CC(SC1CCC1)C[C@H](C)OC2=O. The zero-order chi connectivity index (χ0) is 23.0. The fourth-order valence-electron chi connectivity index (χ4n) is 4.33. The van der Waals surface area contributed by atoms with Gasteiger partial charge in [0.1, 0.15) is 35.4 Å². The highest BCUT2D eigenvalue weighted by molar-refractivity contribution is 8.00. The number of epoxide rings is 1. The van der Waals surface area contributed by atoms with E-state index in [0.29, 0.717) is 23.0 Å². The molecule has 176 valence electrons. The maximum absolute atomic E-state index is 13.0. The molecule has 1 aromatic carbocycles. The summed E-state index contributed by atoms with van der Waals surface area (Å²) in [5.41, 5.74) is 0.408. The van der Waals surface area contributed by atoms with Crippen LogP contribution in [-0.4, -0.2) is 69.1 Å². The lowest BCUT2D eigenvalue weighted by molar-refractivity contribution is -0.133. The van der Waals surface area contributed by atoms with Crippen LogP contribution in [0.15, 0.2) is 12.1 Å². The minimum Gasteiger partial charge on any atom is -0.507 e. The van der Waals surface area contributed by atoms with Crippen molar-refractivity contribution in [1.29, 1.82) is 0 Å². The number of phenolic OH excluding ortho intramolecular Hbond substituents is 1. The Morgan fingerprint density at radius 1 is 1.12 bits per heavy atom. The molecule has 9 heteroatoms. The third-order valence-corrected chi connectivity index (χ3v) is 7.99. The fraction of sp³-hybridized carbons (Fsp3) is 0.652.